The lowest BCUT2D eigenvalue weighted by Gasteiger charge is -2.32. The Balaban J connectivity index is 1.40. The molecular formula is C29H29ClN2O7S. The summed E-state index contributed by atoms with van der Waals surface area (Å²) in [5.41, 5.74) is 2.05. The first-order chi connectivity index (χ1) is 19.3. The number of aromatic nitrogens is 1. The van der Waals surface area contributed by atoms with Crippen LogP contribution in [-0.2, 0) is 19.5 Å². The lowest BCUT2D eigenvalue weighted by atomic mass is 10.0. The Morgan fingerprint density at radius 1 is 1.07 bits per heavy atom. The molecule has 4 aromatic rings. The highest BCUT2D eigenvalue weighted by Gasteiger charge is 2.37. The van der Waals surface area contributed by atoms with Crippen molar-refractivity contribution in [3.8, 4) is 22.6 Å². The van der Waals surface area contributed by atoms with E-state index in [0.29, 0.717) is 27.4 Å². The molecule has 3 aromatic carbocycles. The van der Waals surface area contributed by atoms with Crippen LogP contribution in [0.5, 0.6) is 11.5 Å². The van der Waals surface area contributed by atoms with Crippen LogP contribution in [0.3, 0.4) is 0 Å². The molecule has 1 fully saturated rings. The molecule has 1 atom stereocenters. The van der Waals surface area contributed by atoms with E-state index in [9.17, 15) is 13.2 Å². The molecule has 1 unspecified atom stereocenters. The largest absolute Gasteiger partial charge is 0.496 e. The van der Waals surface area contributed by atoms with Crippen LogP contribution in [0.4, 0.5) is 0 Å². The van der Waals surface area contributed by atoms with Gasteiger partial charge in [0.2, 0.25) is 10.0 Å². The van der Waals surface area contributed by atoms with Gasteiger partial charge in [0, 0.05) is 40.1 Å². The summed E-state index contributed by atoms with van der Waals surface area (Å²) in [7, 11) is -2.53. The zero-order valence-corrected chi connectivity index (χ0v) is 23.6. The average Bonchev–Trinajstić information content (AvgIpc) is 3.36. The minimum atomic E-state index is -4.14. The number of rotatable bonds is 9. The molecule has 2 heterocycles. The summed E-state index contributed by atoms with van der Waals surface area (Å²) in [5.74, 6) is 0.571. The number of morpholine rings is 1. The Hall–Kier alpha value is -3.57. The minimum absolute atomic E-state index is 0.0364. The summed E-state index contributed by atoms with van der Waals surface area (Å²) < 4.78 is 52.0. The maximum absolute atomic E-state index is 14.0. The number of halogens is 1. The fraction of sp³-hybridized carbons (Fsp3) is 0.276. The van der Waals surface area contributed by atoms with Crippen LogP contribution in [0.15, 0.2) is 71.6 Å². The van der Waals surface area contributed by atoms with Gasteiger partial charge in [0.1, 0.15) is 34.8 Å². The molecule has 1 aliphatic rings. The van der Waals surface area contributed by atoms with E-state index < -0.39 is 22.1 Å². The van der Waals surface area contributed by atoms with Crippen LogP contribution in [-0.4, -0.2) is 69.8 Å². The van der Waals surface area contributed by atoms with E-state index in [0.717, 1.165) is 11.1 Å². The van der Waals surface area contributed by atoms with Gasteiger partial charge in [-0.15, -0.1) is 0 Å². The smallest absolute Gasteiger partial charge is 0.356 e. The third-order valence-corrected chi connectivity index (χ3v) is 8.79. The van der Waals surface area contributed by atoms with Crippen molar-refractivity contribution in [2.45, 2.75) is 17.9 Å². The molecule has 1 aliphatic heterocycles. The molecule has 5 rings (SSSR count). The second-order valence-corrected chi connectivity index (χ2v) is 11.4. The first kappa shape index (κ1) is 28.0. The second kappa shape index (κ2) is 11.9. The van der Waals surface area contributed by atoms with Gasteiger partial charge in [-0.1, -0.05) is 48.0 Å². The van der Waals surface area contributed by atoms with E-state index in [4.69, 9.17) is 30.5 Å². The third kappa shape index (κ3) is 5.53. The summed E-state index contributed by atoms with van der Waals surface area (Å²) in [6, 6.07) is 20.0. The number of hydrogen-bond donors (Lipinski definition) is 1. The van der Waals surface area contributed by atoms with Gasteiger partial charge in [-0.2, -0.15) is 4.31 Å². The number of carbonyl (C=O) groups is 1. The van der Waals surface area contributed by atoms with Crippen LogP contribution in [0.1, 0.15) is 17.4 Å². The van der Waals surface area contributed by atoms with Crippen molar-refractivity contribution in [3.63, 3.8) is 0 Å². The molecule has 0 aliphatic carbocycles. The zero-order chi connectivity index (χ0) is 28.3. The summed E-state index contributed by atoms with van der Waals surface area (Å²) in [4.78, 5) is 15.5. The summed E-state index contributed by atoms with van der Waals surface area (Å²) >= 11 is 6.19. The number of esters is 1. The lowest BCUT2D eigenvalue weighted by molar-refractivity contribution is -0.0248. The Bertz CT molecular complexity index is 1640. The number of fused-ring (bicyclic) bond motifs is 1. The van der Waals surface area contributed by atoms with Crippen LogP contribution in [0.2, 0.25) is 5.02 Å². The van der Waals surface area contributed by atoms with E-state index in [1.54, 1.807) is 26.2 Å². The van der Waals surface area contributed by atoms with Gasteiger partial charge >= 0.3 is 5.97 Å². The van der Waals surface area contributed by atoms with Gasteiger partial charge in [-0.3, -0.25) is 0 Å². The fourth-order valence-corrected chi connectivity index (χ4v) is 6.71. The summed E-state index contributed by atoms with van der Waals surface area (Å²) in [6.45, 7) is 2.19. The topological polar surface area (TPSA) is 107 Å². The number of aromatic amines is 1. The van der Waals surface area contributed by atoms with Gasteiger partial charge in [0.05, 0.1) is 20.3 Å². The van der Waals surface area contributed by atoms with E-state index in [1.165, 1.54) is 10.4 Å². The van der Waals surface area contributed by atoms with Gasteiger partial charge in [0.15, 0.2) is 0 Å². The quantitative estimate of drug-likeness (QED) is 0.271. The number of sulfonamides is 1. The molecule has 0 saturated carbocycles. The van der Waals surface area contributed by atoms with Crippen LogP contribution in [0.25, 0.3) is 22.0 Å². The number of nitrogens with one attached hydrogen (secondary N) is 1. The monoisotopic (exact) mass is 584 g/mol. The molecule has 40 heavy (non-hydrogen) atoms. The standard InChI is InChI=1S/C29H29ClN2O7S/c1-3-37-29(33)27-28(23-16-19(30)12-13-24(23)31-27)40(34,35)32-14-15-38-20(17-32)18-39-26-11-7-5-9-22(26)21-8-4-6-10-25(21)36-2/h4-13,16,20,31H,3,14-15,17-18H2,1-2H3. The summed E-state index contributed by atoms with van der Waals surface area (Å²) in [5, 5.41) is 0.668. The number of H-pyrrole nitrogens is 1. The Labute approximate surface area is 237 Å². The molecular weight excluding hydrogens is 556 g/mol. The first-order valence-electron chi connectivity index (χ1n) is 12.8. The van der Waals surface area contributed by atoms with Crippen molar-refractivity contribution in [2.75, 3.05) is 40.0 Å². The minimum Gasteiger partial charge on any atom is -0.496 e. The number of carbonyl (C=O) groups excluding carboxylic acids is 1. The van der Waals surface area contributed by atoms with Crippen molar-refractivity contribution in [3.05, 3.63) is 77.4 Å². The number of benzene rings is 3. The molecule has 210 valence electrons. The van der Waals surface area contributed by atoms with Gasteiger partial charge in [0.25, 0.3) is 0 Å². The normalized spacial score (nSPS) is 16.1. The van der Waals surface area contributed by atoms with E-state index in [1.807, 2.05) is 48.5 Å². The predicted octanol–water partition coefficient (Wildman–Crippen LogP) is 5.14. The Kier molecular flexibility index (Phi) is 8.32. The van der Waals surface area contributed by atoms with Gasteiger partial charge in [-0.25, -0.2) is 13.2 Å². The molecule has 1 aromatic heterocycles. The van der Waals surface area contributed by atoms with Crippen molar-refractivity contribution in [1.82, 2.24) is 9.29 Å². The van der Waals surface area contributed by atoms with Crippen molar-refractivity contribution in [1.29, 1.82) is 0 Å². The van der Waals surface area contributed by atoms with Crippen molar-refractivity contribution in [2.24, 2.45) is 0 Å². The number of hydrogen-bond acceptors (Lipinski definition) is 7. The Morgan fingerprint density at radius 3 is 2.50 bits per heavy atom. The Morgan fingerprint density at radius 2 is 1.77 bits per heavy atom. The number of ether oxygens (including phenoxy) is 4. The molecule has 9 nitrogen and oxygen atoms in total. The summed E-state index contributed by atoms with van der Waals surface area (Å²) in [6.07, 6.45) is -0.547. The second-order valence-electron chi connectivity index (χ2n) is 9.10. The average molecular weight is 585 g/mol. The number of para-hydroxylation sites is 2. The maximum Gasteiger partial charge on any atom is 0.356 e. The van der Waals surface area contributed by atoms with E-state index in [-0.39, 0.29) is 43.5 Å². The molecule has 0 radical (unpaired) electrons. The molecule has 0 spiro atoms. The number of nitrogens with zero attached hydrogens (tertiary/aromatic N) is 1. The molecule has 0 amide bonds. The fourth-order valence-electron chi connectivity index (χ4n) is 4.76. The molecule has 1 saturated heterocycles. The van der Waals surface area contributed by atoms with Crippen LogP contribution >= 0.6 is 11.6 Å². The SMILES string of the molecule is CCOC(=O)c1[nH]c2ccc(Cl)cc2c1S(=O)(=O)N1CCOC(COc2ccccc2-c2ccccc2OC)C1. The molecule has 1 N–H and O–H groups in total. The van der Waals surface area contributed by atoms with Gasteiger partial charge < -0.3 is 23.9 Å². The highest BCUT2D eigenvalue weighted by atomic mass is 35.5. The lowest BCUT2D eigenvalue weighted by Crippen LogP contribution is -2.47. The van der Waals surface area contributed by atoms with Crippen molar-refractivity contribution >= 4 is 38.5 Å². The van der Waals surface area contributed by atoms with Crippen LogP contribution < -0.4 is 9.47 Å². The van der Waals surface area contributed by atoms with E-state index in [2.05, 4.69) is 4.98 Å². The van der Waals surface area contributed by atoms with E-state index >= 15 is 0 Å². The predicted molar refractivity (Wildman–Crippen MR) is 152 cm³/mol. The van der Waals surface area contributed by atoms with Crippen molar-refractivity contribution < 1.29 is 32.2 Å². The molecule has 11 heteroatoms. The third-order valence-electron chi connectivity index (χ3n) is 6.60. The highest BCUT2D eigenvalue weighted by Crippen LogP contribution is 2.37. The molecule has 0 bridgehead atoms. The zero-order valence-electron chi connectivity index (χ0n) is 22.1. The maximum atomic E-state index is 14.0. The number of methoxy groups -OCH3 is 1. The van der Waals surface area contributed by atoms with Gasteiger partial charge in [-0.05, 0) is 37.3 Å². The highest BCUT2D eigenvalue weighted by molar-refractivity contribution is 7.89. The first-order valence-corrected chi connectivity index (χ1v) is 14.6. The van der Waals surface area contributed by atoms with Crippen LogP contribution in [0, 0.1) is 0 Å².